The van der Waals surface area contributed by atoms with Crippen LogP contribution in [0.25, 0.3) is 19.5 Å². The normalized spacial score (nSPS) is 18.0. The van der Waals surface area contributed by atoms with E-state index in [4.69, 9.17) is 0 Å². The topological polar surface area (TPSA) is 50.2 Å². The molecule has 1 unspecified atom stereocenters. The van der Waals surface area contributed by atoms with Crippen LogP contribution in [0.2, 0.25) is 0 Å². The standard InChI is InChI=1S/C19H18N4OS2/c1-22-8-7-21-18(22)13-11-20-6-9-23(13)19(24)16-10-15-17(26-16)12-4-2-3-5-14(12)25-15/h2-5,7-8,10,13,20H,6,9,11H2,1H3. The van der Waals surface area contributed by atoms with Gasteiger partial charge in [-0.15, -0.1) is 22.7 Å². The number of hydrogen-bond donors (Lipinski definition) is 1. The highest BCUT2D eigenvalue weighted by Crippen LogP contribution is 2.40. The Kier molecular flexibility index (Phi) is 3.81. The minimum atomic E-state index is -0.0341. The van der Waals surface area contributed by atoms with Crippen LogP contribution >= 0.6 is 22.7 Å². The van der Waals surface area contributed by atoms with Crippen LogP contribution in [0.3, 0.4) is 0 Å². The maximum absolute atomic E-state index is 13.3. The van der Waals surface area contributed by atoms with Gasteiger partial charge in [-0.25, -0.2) is 4.98 Å². The Morgan fingerprint density at radius 3 is 3.00 bits per heavy atom. The third kappa shape index (κ3) is 2.46. The molecule has 1 fully saturated rings. The summed E-state index contributed by atoms with van der Waals surface area (Å²) in [6, 6.07) is 10.4. The molecule has 0 aliphatic carbocycles. The number of carbonyl (C=O) groups is 1. The molecule has 0 radical (unpaired) electrons. The number of aryl methyl sites for hydroxylation is 1. The summed E-state index contributed by atoms with van der Waals surface area (Å²) < 4.78 is 5.69. The van der Waals surface area contributed by atoms with Crippen molar-refractivity contribution in [3.63, 3.8) is 0 Å². The van der Waals surface area contributed by atoms with Crippen molar-refractivity contribution in [3.05, 3.63) is 53.4 Å². The van der Waals surface area contributed by atoms with Crippen molar-refractivity contribution < 1.29 is 4.79 Å². The lowest BCUT2D eigenvalue weighted by atomic mass is 10.1. The van der Waals surface area contributed by atoms with Crippen molar-refractivity contribution >= 4 is 48.1 Å². The molecule has 5 rings (SSSR count). The molecule has 4 heterocycles. The van der Waals surface area contributed by atoms with Crippen molar-refractivity contribution in [1.29, 1.82) is 0 Å². The number of rotatable bonds is 2. The first kappa shape index (κ1) is 16.0. The second-order valence-electron chi connectivity index (χ2n) is 6.52. The smallest absolute Gasteiger partial charge is 0.264 e. The lowest BCUT2D eigenvalue weighted by molar-refractivity contribution is 0.0626. The van der Waals surface area contributed by atoms with Gasteiger partial charge >= 0.3 is 0 Å². The van der Waals surface area contributed by atoms with Gasteiger partial charge in [-0.05, 0) is 12.1 Å². The van der Waals surface area contributed by atoms with Crippen LogP contribution in [0.5, 0.6) is 0 Å². The predicted octanol–water partition coefficient (Wildman–Crippen LogP) is 3.64. The minimum Gasteiger partial charge on any atom is -0.336 e. The lowest BCUT2D eigenvalue weighted by Crippen LogP contribution is -2.49. The number of carbonyl (C=O) groups excluding carboxylic acids is 1. The maximum Gasteiger partial charge on any atom is 0.264 e. The van der Waals surface area contributed by atoms with E-state index in [-0.39, 0.29) is 11.9 Å². The summed E-state index contributed by atoms with van der Waals surface area (Å²) in [4.78, 5) is 20.6. The van der Waals surface area contributed by atoms with Crippen LogP contribution < -0.4 is 5.32 Å². The number of nitrogens with zero attached hydrogens (tertiary/aromatic N) is 3. The number of piperazine rings is 1. The van der Waals surface area contributed by atoms with E-state index in [1.54, 1.807) is 28.9 Å². The quantitative estimate of drug-likeness (QED) is 0.576. The predicted molar refractivity (Wildman–Crippen MR) is 107 cm³/mol. The van der Waals surface area contributed by atoms with E-state index in [9.17, 15) is 4.79 Å². The number of benzene rings is 1. The Labute approximate surface area is 158 Å². The van der Waals surface area contributed by atoms with Gasteiger partial charge in [0.25, 0.3) is 5.91 Å². The highest BCUT2D eigenvalue weighted by molar-refractivity contribution is 7.33. The molecule has 7 heteroatoms. The number of imidazole rings is 1. The average Bonchev–Trinajstić information content (AvgIpc) is 3.35. The summed E-state index contributed by atoms with van der Waals surface area (Å²) in [5.41, 5.74) is 0. The Morgan fingerprint density at radius 1 is 1.27 bits per heavy atom. The molecule has 5 nitrogen and oxygen atoms in total. The summed E-state index contributed by atoms with van der Waals surface area (Å²) in [7, 11) is 1.98. The largest absolute Gasteiger partial charge is 0.336 e. The van der Waals surface area contributed by atoms with Crippen molar-refractivity contribution in [2.45, 2.75) is 6.04 Å². The van der Waals surface area contributed by atoms with Crippen molar-refractivity contribution in [1.82, 2.24) is 19.8 Å². The summed E-state index contributed by atoms with van der Waals surface area (Å²) in [5, 5.41) is 4.64. The van der Waals surface area contributed by atoms with Gasteiger partial charge in [-0.2, -0.15) is 0 Å². The van der Waals surface area contributed by atoms with Gasteiger partial charge in [-0.1, -0.05) is 18.2 Å². The zero-order chi connectivity index (χ0) is 17.7. The summed E-state index contributed by atoms with van der Waals surface area (Å²) in [6.45, 7) is 2.25. The fourth-order valence-electron chi connectivity index (χ4n) is 3.62. The Morgan fingerprint density at radius 2 is 2.15 bits per heavy atom. The Balaban J connectivity index is 1.53. The molecular weight excluding hydrogens is 364 g/mol. The van der Waals surface area contributed by atoms with Gasteiger partial charge in [0.15, 0.2) is 0 Å². The van der Waals surface area contributed by atoms with E-state index in [1.165, 1.54) is 19.5 Å². The van der Waals surface area contributed by atoms with Crippen LogP contribution in [0.15, 0.2) is 42.7 Å². The number of amides is 1. The molecule has 1 saturated heterocycles. The van der Waals surface area contributed by atoms with Gasteiger partial charge in [0.05, 0.1) is 9.58 Å². The van der Waals surface area contributed by atoms with E-state index in [1.807, 2.05) is 22.7 Å². The maximum atomic E-state index is 13.3. The third-order valence-electron chi connectivity index (χ3n) is 4.92. The molecule has 132 valence electrons. The molecule has 26 heavy (non-hydrogen) atoms. The van der Waals surface area contributed by atoms with Gasteiger partial charge in [0.2, 0.25) is 0 Å². The number of fused-ring (bicyclic) bond motifs is 3. The molecule has 1 aromatic carbocycles. The molecule has 4 aromatic rings. The van der Waals surface area contributed by atoms with E-state index >= 15 is 0 Å². The van der Waals surface area contributed by atoms with Gasteiger partial charge < -0.3 is 14.8 Å². The van der Waals surface area contributed by atoms with Gasteiger partial charge in [0, 0.05) is 53.9 Å². The zero-order valence-corrected chi connectivity index (χ0v) is 15.9. The molecule has 1 aliphatic heterocycles. The Hall–Kier alpha value is -2.22. The third-order valence-corrected chi connectivity index (χ3v) is 7.32. The molecule has 1 amide bonds. The van der Waals surface area contributed by atoms with Crippen LogP contribution in [-0.4, -0.2) is 40.0 Å². The average molecular weight is 383 g/mol. The number of nitrogens with one attached hydrogen (secondary N) is 1. The molecule has 0 saturated carbocycles. The van der Waals surface area contributed by atoms with Crippen molar-refractivity contribution in [2.75, 3.05) is 19.6 Å². The van der Waals surface area contributed by atoms with E-state index in [0.717, 1.165) is 23.8 Å². The van der Waals surface area contributed by atoms with Crippen LogP contribution in [0.1, 0.15) is 21.5 Å². The zero-order valence-electron chi connectivity index (χ0n) is 14.3. The monoisotopic (exact) mass is 382 g/mol. The Bertz CT molecular complexity index is 1110. The molecular formula is C19H18N4OS2. The lowest BCUT2D eigenvalue weighted by Gasteiger charge is -2.35. The number of hydrogen-bond acceptors (Lipinski definition) is 5. The van der Waals surface area contributed by atoms with Crippen molar-refractivity contribution in [3.8, 4) is 0 Å². The first-order valence-corrected chi connectivity index (χ1v) is 10.3. The highest BCUT2D eigenvalue weighted by atomic mass is 32.1. The van der Waals surface area contributed by atoms with E-state index in [0.29, 0.717) is 6.54 Å². The summed E-state index contributed by atoms with van der Waals surface area (Å²) >= 11 is 3.37. The fraction of sp³-hybridized carbons (Fsp3) is 0.263. The summed E-state index contributed by atoms with van der Waals surface area (Å²) in [6.07, 6.45) is 3.72. The molecule has 1 atom stereocenters. The van der Waals surface area contributed by atoms with Gasteiger partial charge in [0.1, 0.15) is 11.9 Å². The second kappa shape index (κ2) is 6.19. The SMILES string of the molecule is Cn1ccnc1C1CNCCN1C(=O)c1cc2sc3ccccc3c2s1. The van der Waals surface area contributed by atoms with Crippen LogP contribution in [-0.2, 0) is 7.05 Å². The van der Waals surface area contributed by atoms with Gasteiger partial charge in [-0.3, -0.25) is 4.79 Å². The first-order valence-electron chi connectivity index (χ1n) is 8.62. The fourth-order valence-corrected chi connectivity index (χ4v) is 6.10. The van der Waals surface area contributed by atoms with E-state index < -0.39 is 0 Å². The van der Waals surface area contributed by atoms with Crippen LogP contribution in [0.4, 0.5) is 0 Å². The molecule has 0 spiro atoms. The molecule has 1 aliphatic rings. The van der Waals surface area contributed by atoms with Crippen molar-refractivity contribution in [2.24, 2.45) is 7.05 Å². The molecule has 3 aromatic heterocycles. The molecule has 0 bridgehead atoms. The van der Waals surface area contributed by atoms with E-state index in [2.05, 4.69) is 40.6 Å². The molecule has 1 N–H and O–H groups in total. The second-order valence-corrected chi connectivity index (χ2v) is 8.65. The first-order chi connectivity index (χ1) is 12.7. The highest BCUT2D eigenvalue weighted by Gasteiger charge is 2.32. The summed E-state index contributed by atoms with van der Waals surface area (Å²) in [5.74, 6) is 1.03. The number of aromatic nitrogens is 2. The number of thiophene rings is 2. The van der Waals surface area contributed by atoms with Crippen LogP contribution in [0, 0.1) is 0 Å². The minimum absolute atomic E-state index is 0.0341.